The summed E-state index contributed by atoms with van der Waals surface area (Å²) >= 11 is 3.50. The van der Waals surface area contributed by atoms with Crippen LogP contribution in [0.5, 0.6) is 0 Å². The molecule has 2 heterocycles. The van der Waals surface area contributed by atoms with Crippen LogP contribution in [-0.4, -0.2) is 39.6 Å². The SMILES string of the molecule is CCNC(=NCc1ccccc1Cn1cccn1)NCCCSc1nccs1.I. The van der Waals surface area contributed by atoms with Crippen molar-refractivity contribution in [3.05, 3.63) is 65.4 Å². The maximum atomic E-state index is 4.77. The van der Waals surface area contributed by atoms with Gasteiger partial charge < -0.3 is 10.6 Å². The Balaban J connectivity index is 0.00000300. The van der Waals surface area contributed by atoms with Crippen molar-refractivity contribution in [1.29, 1.82) is 0 Å². The molecule has 29 heavy (non-hydrogen) atoms. The lowest BCUT2D eigenvalue weighted by Gasteiger charge is -2.12. The summed E-state index contributed by atoms with van der Waals surface area (Å²) in [4.78, 5) is 9.06. The Bertz CT molecular complexity index is 837. The first kappa shape index (κ1) is 23.7. The second-order valence-electron chi connectivity index (χ2n) is 6.09. The van der Waals surface area contributed by atoms with Gasteiger partial charge in [0.25, 0.3) is 0 Å². The number of halogens is 1. The predicted octanol–water partition coefficient (Wildman–Crippen LogP) is 4.24. The van der Waals surface area contributed by atoms with Crippen molar-refractivity contribution in [2.75, 3.05) is 18.8 Å². The van der Waals surface area contributed by atoms with Crippen LogP contribution in [0, 0.1) is 0 Å². The van der Waals surface area contributed by atoms with Crippen molar-refractivity contribution < 1.29 is 0 Å². The fourth-order valence-electron chi connectivity index (χ4n) is 2.66. The van der Waals surface area contributed by atoms with Gasteiger partial charge in [-0.1, -0.05) is 36.0 Å². The van der Waals surface area contributed by atoms with Crippen LogP contribution >= 0.6 is 47.1 Å². The normalized spacial score (nSPS) is 11.1. The van der Waals surface area contributed by atoms with Gasteiger partial charge in [-0.05, 0) is 30.5 Å². The van der Waals surface area contributed by atoms with Gasteiger partial charge in [-0.25, -0.2) is 9.98 Å². The van der Waals surface area contributed by atoms with Gasteiger partial charge in [0.15, 0.2) is 5.96 Å². The summed E-state index contributed by atoms with van der Waals surface area (Å²) in [5, 5.41) is 13.1. The van der Waals surface area contributed by atoms with Gasteiger partial charge in [0.2, 0.25) is 0 Å². The standard InChI is InChI=1S/C20H26N6S2.HI/c1-2-21-19(22-9-6-13-27-20-23-11-14-28-20)24-15-17-7-3-4-8-18(17)16-26-12-5-10-25-26;/h3-5,7-8,10-12,14H,2,6,9,13,15-16H2,1H3,(H2,21,22,24);1H. The highest BCUT2D eigenvalue weighted by Crippen LogP contribution is 2.20. The number of thioether (sulfide) groups is 1. The lowest BCUT2D eigenvalue weighted by Crippen LogP contribution is -2.37. The third kappa shape index (κ3) is 8.35. The summed E-state index contributed by atoms with van der Waals surface area (Å²) in [5.74, 6) is 1.91. The Morgan fingerprint density at radius 2 is 2.03 bits per heavy atom. The number of benzene rings is 1. The summed E-state index contributed by atoms with van der Waals surface area (Å²) in [7, 11) is 0. The number of hydrogen-bond donors (Lipinski definition) is 2. The van der Waals surface area contributed by atoms with Crippen LogP contribution in [0.25, 0.3) is 0 Å². The average Bonchev–Trinajstić information content (AvgIpc) is 3.41. The maximum Gasteiger partial charge on any atom is 0.191 e. The van der Waals surface area contributed by atoms with E-state index in [9.17, 15) is 0 Å². The minimum absolute atomic E-state index is 0. The minimum atomic E-state index is 0. The smallest absolute Gasteiger partial charge is 0.191 e. The average molecular weight is 543 g/mol. The van der Waals surface area contributed by atoms with Crippen LogP contribution in [0.1, 0.15) is 24.5 Å². The Labute approximate surface area is 197 Å². The van der Waals surface area contributed by atoms with Crippen molar-refractivity contribution in [2.45, 2.75) is 30.8 Å². The molecular weight excluding hydrogens is 515 g/mol. The molecule has 3 rings (SSSR count). The summed E-state index contributed by atoms with van der Waals surface area (Å²) in [6.07, 6.45) is 6.70. The largest absolute Gasteiger partial charge is 0.357 e. The molecule has 0 bridgehead atoms. The zero-order valence-corrected chi connectivity index (χ0v) is 20.4. The molecule has 6 nitrogen and oxygen atoms in total. The lowest BCUT2D eigenvalue weighted by molar-refractivity contribution is 0.680. The second kappa shape index (κ2) is 13.6. The summed E-state index contributed by atoms with van der Waals surface area (Å²) in [5.41, 5.74) is 2.46. The first-order valence-corrected chi connectivity index (χ1v) is 11.3. The predicted molar refractivity (Wildman–Crippen MR) is 133 cm³/mol. The van der Waals surface area contributed by atoms with E-state index in [4.69, 9.17) is 4.99 Å². The number of nitrogens with zero attached hydrogens (tertiary/aromatic N) is 4. The first-order valence-electron chi connectivity index (χ1n) is 9.44. The molecule has 0 fully saturated rings. The molecule has 0 saturated carbocycles. The van der Waals surface area contributed by atoms with E-state index in [0.717, 1.165) is 42.1 Å². The van der Waals surface area contributed by atoms with E-state index in [1.807, 2.05) is 28.5 Å². The Morgan fingerprint density at radius 3 is 2.76 bits per heavy atom. The van der Waals surface area contributed by atoms with Crippen LogP contribution in [0.15, 0.2) is 63.6 Å². The van der Waals surface area contributed by atoms with Crippen LogP contribution in [0.4, 0.5) is 0 Å². The van der Waals surface area contributed by atoms with Crippen molar-refractivity contribution >= 4 is 53.0 Å². The van der Waals surface area contributed by atoms with Gasteiger partial charge in [0.1, 0.15) is 4.34 Å². The Morgan fingerprint density at radius 1 is 1.17 bits per heavy atom. The molecule has 3 aromatic rings. The second-order valence-corrected chi connectivity index (χ2v) is 8.33. The van der Waals surface area contributed by atoms with E-state index in [1.54, 1.807) is 29.3 Å². The number of rotatable bonds is 10. The molecule has 0 aliphatic carbocycles. The first-order chi connectivity index (χ1) is 13.8. The van der Waals surface area contributed by atoms with Crippen LogP contribution in [-0.2, 0) is 13.1 Å². The number of aromatic nitrogens is 3. The molecule has 9 heteroatoms. The zero-order valence-electron chi connectivity index (χ0n) is 16.5. The van der Waals surface area contributed by atoms with Crippen LogP contribution < -0.4 is 10.6 Å². The van der Waals surface area contributed by atoms with E-state index < -0.39 is 0 Å². The van der Waals surface area contributed by atoms with Crippen molar-refractivity contribution in [1.82, 2.24) is 25.4 Å². The van der Waals surface area contributed by atoms with Gasteiger partial charge in [0.05, 0.1) is 13.1 Å². The molecule has 0 spiro atoms. The molecule has 0 aliphatic rings. The Kier molecular flexibility index (Phi) is 11.1. The van der Waals surface area contributed by atoms with Gasteiger partial charge in [-0.15, -0.1) is 35.3 Å². The monoisotopic (exact) mass is 542 g/mol. The molecule has 0 atom stereocenters. The Hall–Kier alpha value is -1.59. The zero-order chi connectivity index (χ0) is 19.4. The minimum Gasteiger partial charge on any atom is -0.357 e. The van der Waals surface area contributed by atoms with E-state index in [0.29, 0.717) is 6.54 Å². The van der Waals surface area contributed by atoms with Crippen LogP contribution in [0.2, 0.25) is 0 Å². The molecule has 0 saturated heterocycles. The maximum absolute atomic E-state index is 4.77. The van der Waals surface area contributed by atoms with Crippen molar-refractivity contribution in [3.63, 3.8) is 0 Å². The highest BCUT2D eigenvalue weighted by Gasteiger charge is 2.04. The van der Waals surface area contributed by atoms with E-state index >= 15 is 0 Å². The van der Waals surface area contributed by atoms with Crippen molar-refractivity contribution in [3.8, 4) is 0 Å². The van der Waals surface area contributed by atoms with Gasteiger partial charge in [0, 0.05) is 42.8 Å². The fraction of sp³-hybridized carbons (Fsp3) is 0.350. The molecule has 1 aromatic carbocycles. The summed E-state index contributed by atoms with van der Waals surface area (Å²) in [6.45, 7) is 5.21. The summed E-state index contributed by atoms with van der Waals surface area (Å²) < 4.78 is 3.07. The molecule has 2 N–H and O–H groups in total. The van der Waals surface area contributed by atoms with Gasteiger partial charge in [-0.2, -0.15) is 5.10 Å². The lowest BCUT2D eigenvalue weighted by atomic mass is 10.1. The third-order valence-electron chi connectivity index (χ3n) is 4.01. The van der Waals surface area contributed by atoms with Gasteiger partial charge >= 0.3 is 0 Å². The number of thiazole rings is 1. The van der Waals surface area contributed by atoms with E-state index in [-0.39, 0.29) is 24.0 Å². The highest BCUT2D eigenvalue weighted by molar-refractivity contribution is 14.0. The van der Waals surface area contributed by atoms with Crippen molar-refractivity contribution in [2.24, 2.45) is 4.99 Å². The van der Waals surface area contributed by atoms with Crippen LogP contribution in [0.3, 0.4) is 0 Å². The number of hydrogen-bond acceptors (Lipinski definition) is 5. The van der Waals surface area contributed by atoms with E-state index in [2.05, 4.69) is 51.9 Å². The molecule has 0 amide bonds. The number of aliphatic imine (C=N–C) groups is 1. The molecular formula is C20H27IN6S2. The molecule has 0 unspecified atom stereocenters. The topological polar surface area (TPSA) is 67.1 Å². The molecule has 2 aromatic heterocycles. The fourth-order valence-corrected chi connectivity index (χ4v) is 4.31. The van der Waals surface area contributed by atoms with Gasteiger partial charge in [-0.3, -0.25) is 4.68 Å². The van der Waals surface area contributed by atoms with E-state index in [1.165, 1.54) is 11.1 Å². The summed E-state index contributed by atoms with van der Waals surface area (Å²) in [6, 6.07) is 10.4. The number of nitrogens with one attached hydrogen (secondary N) is 2. The molecule has 156 valence electrons. The molecule has 0 aliphatic heterocycles. The third-order valence-corrected chi connectivity index (χ3v) is 6.06. The number of guanidine groups is 1. The molecule has 0 radical (unpaired) electrons. The highest BCUT2D eigenvalue weighted by atomic mass is 127. The quantitative estimate of drug-likeness (QED) is 0.132.